The van der Waals surface area contributed by atoms with Crippen molar-refractivity contribution in [2.24, 2.45) is 5.73 Å². The molecule has 4 N–H and O–H groups in total. The lowest BCUT2D eigenvalue weighted by atomic mass is 10.2. The molecule has 0 radical (unpaired) electrons. The van der Waals surface area contributed by atoms with Crippen molar-refractivity contribution >= 4 is 11.6 Å². The maximum atomic E-state index is 13.1. The molecule has 92 valence electrons. The summed E-state index contributed by atoms with van der Waals surface area (Å²) in [6.45, 7) is 0. The Labute approximate surface area is 103 Å². The van der Waals surface area contributed by atoms with Gasteiger partial charge in [-0.2, -0.15) is 0 Å². The fourth-order valence-electron chi connectivity index (χ4n) is 1.53. The summed E-state index contributed by atoms with van der Waals surface area (Å²) >= 11 is 0. The molecule has 0 aliphatic heterocycles. The zero-order chi connectivity index (χ0) is 13.1. The van der Waals surface area contributed by atoms with Crippen LogP contribution in [0.1, 0.15) is 10.4 Å². The highest BCUT2D eigenvalue weighted by atomic mass is 19.1. The van der Waals surface area contributed by atoms with E-state index in [1.165, 1.54) is 24.3 Å². The largest absolute Gasteiger partial charge is 0.456 e. The minimum absolute atomic E-state index is 0.209. The van der Waals surface area contributed by atoms with E-state index in [0.717, 1.165) is 0 Å². The van der Waals surface area contributed by atoms with E-state index in [2.05, 4.69) is 0 Å². The van der Waals surface area contributed by atoms with Crippen molar-refractivity contribution in [3.05, 3.63) is 53.8 Å². The van der Waals surface area contributed by atoms with Gasteiger partial charge in [-0.1, -0.05) is 12.1 Å². The van der Waals surface area contributed by atoms with Crippen LogP contribution in [-0.4, -0.2) is 5.91 Å². The maximum Gasteiger partial charge on any atom is 0.252 e. The van der Waals surface area contributed by atoms with Crippen LogP contribution in [0.25, 0.3) is 0 Å². The van der Waals surface area contributed by atoms with Crippen LogP contribution in [-0.2, 0) is 0 Å². The fraction of sp³-hybridized carbons (Fsp3) is 0. The number of nitrogens with two attached hydrogens (primary N) is 2. The van der Waals surface area contributed by atoms with Gasteiger partial charge in [-0.3, -0.25) is 4.79 Å². The summed E-state index contributed by atoms with van der Waals surface area (Å²) in [6.07, 6.45) is 0. The first kappa shape index (κ1) is 11.9. The standard InChI is InChI=1S/C13H11FN2O2/c14-8-5-9(15)7-10(6-8)18-12-4-2-1-3-11(12)13(16)17/h1-7H,15H2,(H2,16,17). The van der Waals surface area contributed by atoms with Gasteiger partial charge in [0.25, 0.3) is 5.91 Å². The van der Waals surface area contributed by atoms with Gasteiger partial charge < -0.3 is 16.2 Å². The number of para-hydroxylation sites is 1. The Hall–Kier alpha value is -2.56. The van der Waals surface area contributed by atoms with E-state index in [1.807, 2.05) is 0 Å². The second kappa shape index (κ2) is 4.75. The molecule has 2 aromatic rings. The third-order valence-electron chi connectivity index (χ3n) is 2.27. The lowest BCUT2D eigenvalue weighted by Crippen LogP contribution is -2.12. The van der Waals surface area contributed by atoms with Gasteiger partial charge in [0.2, 0.25) is 0 Å². The van der Waals surface area contributed by atoms with E-state index in [0.29, 0.717) is 0 Å². The molecule has 1 amide bonds. The number of carbonyl (C=O) groups is 1. The van der Waals surface area contributed by atoms with E-state index in [4.69, 9.17) is 16.2 Å². The first-order chi connectivity index (χ1) is 8.56. The van der Waals surface area contributed by atoms with Crippen LogP contribution in [0.2, 0.25) is 0 Å². The van der Waals surface area contributed by atoms with E-state index >= 15 is 0 Å². The van der Waals surface area contributed by atoms with Crippen LogP contribution in [0, 0.1) is 5.82 Å². The van der Waals surface area contributed by atoms with Gasteiger partial charge in [-0.15, -0.1) is 0 Å². The van der Waals surface area contributed by atoms with Crippen LogP contribution >= 0.6 is 0 Å². The molecule has 0 aromatic heterocycles. The molecule has 0 bridgehead atoms. The van der Waals surface area contributed by atoms with Gasteiger partial charge >= 0.3 is 0 Å². The molecule has 5 heteroatoms. The van der Waals surface area contributed by atoms with Gasteiger partial charge in [0.1, 0.15) is 17.3 Å². The molecule has 0 unspecified atom stereocenters. The van der Waals surface area contributed by atoms with E-state index in [1.54, 1.807) is 18.2 Å². The van der Waals surface area contributed by atoms with Gasteiger partial charge in [0, 0.05) is 17.8 Å². The number of hydrogen-bond acceptors (Lipinski definition) is 3. The number of nitrogen functional groups attached to an aromatic ring is 1. The van der Waals surface area contributed by atoms with Gasteiger partial charge in [-0.05, 0) is 18.2 Å². The Morgan fingerprint density at radius 2 is 1.89 bits per heavy atom. The lowest BCUT2D eigenvalue weighted by molar-refractivity contribution is 0.0998. The Morgan fingerprint density at radius 1 is 1.17 bits per heavy atom. The van der Waals surface area contributed by atoms with Crippen molar-refractivity contribution in [3.8, 4) is 11.5 Å². The molecule has 2 rings (SSSR count). The Balaban J connectivity index is 2.37. The molecule has 0 spiro atoms. The van der Waals surface area contributed by atoms with Crippen molar-refractivity contribution in [1.82, 2.24) is 0 Å². The number of benzene rings is 2. The fourth-order valence-corrected chi connectivity index (χ4v) is 1.53. The SMILES string of the molecule is NC(=O)c1ccccc1Oc1cc(N)cc(F)c1. The molecule has 0 aliphatic rings. The minimum atomic E-state index is -0.616. The van der Waals surface area contributed by atoms with Crippen molar-refractivity contribution < 1.29 is 13.9 Å². The molecular formula is C13H11FN2O2. The maximum absolute atomic E-state index is 13.1. The second-order valence-electron chi connectivity index (χ2n) is 3.68. The molecule has 18 heavy (non-hydrogen) atoms. The summed E-state index contributed by atoms with van der Waals surface area (Å²) in [5, 5.41) is 0. The molecule has 0 aliphatic carbocycles. The van der Waals surface area contributed by atoms with Crippen molar-refractivity contribution in [2.45, 2.75) is 0 Å². The zero-order valence-electron chi connectivity index (χ0n) is 9.39. The monoisotopic (exact) mass is 246 g/mol. The Morgan fingerprint density at radius 3 is 2.56 bits per heavy atom. The average molecular weight is 246 g/mol. The number of anilines is 1. The highest BCUT2D eigenvalue weighted by Crippen LogP contribution is 2.27. The molecule has 0 atom stereocenters. The lowest BCUT2D eigenvalue weighted by Gasteiger charge is -2.09. The predicted octanol–water partition coefficient (Wildman–Crippen LogP) is 2.30. The van der Waals surface area contributed by atoms with E-state index < -0.39 is 11.7 Å². The summed E-state index contributed by atoms with van der Waals surface area (Å²) in [4.78, 5) is 11.2. The number of halogens is 1. The molecule has 4 nitrogen and oxygen atoms in total. The first-order valence-corrected chi connectivity index (χ1v) is 5.19. The van der Waals surface area contributed by atoms with Crippen LogP contribution in [0.15, 0.2) is 42.5 Å². The zero-order valence-corrected chi connectivity index (χ0v) is 9.39. The normalized spacial score (nSPS) is 10.1. The summed E-state index contributed by atoms with van der Waals surface area (Å²) in [5.74, 6) is -0.660. The number of ether oxygens (including phenoxy) is 1. The van der Waals surface area contributed by atoms with Crippen molar-refractivity contribution in [3.63, 3.8) is 0 Å². The number of hydrogen-bond donors (Lipinski definition) is 2. The van der Waals surface area contributed by atoms with Gasteiger partial charge in [-0.25, -0.2) is 4.39 Å². The molecule has 0 heterocycles. The van der Waals surface area contributed by atoms with Crippen LogP contribution in [0.3, 0.4) is 0 Å². The highest BCUT2D eigenvalue weighted by molar-refractivity contribution is 5.95. The molecular weight excluding hydrogens is 235 g/mol. The van der Waals surface area contributed by atoms with Gasteiger partial charge in [0.05, 0.1) is 5.56 Å². The topological polar surface area (TPSA) is 78.3 Å². The third-order valence-corrected chi connectivity index (χ3v) is 2.27. The average Bonchev–Trinajstić information content (AvgIpc) is 2.27. The third kappa shape index (κ3) is 2.57. The van der Waals surface area contributed by atoms with Crippen LogP contribution in [0.4, 0.5) is 10.1 Å². The van der Waals surface area contributed by atoms with Crippen LogP contribution < -0.4 is 16.2 Å². The van der Waals surface area contributed by atoms with E-state index in [9.17, 15) is 9.18 Å². The second-order valence-corrected chi connectivity index (χ2v) is 3.68. The van der Waals surface area contributed by atoms with Crippen molar-refractivity contribution in [2.75, 3.05) is 5.73 Å². The van der Waals surface area contributed by atoms with Crippen molar-refractivity contribution in [1.29, 1.82) is 0 Å². The molecule has 0 saturated heterocycles. The minimum Gasteiger partial charge on any atom is -0.456 e. The highest BCUT2D eigenvalue weighted by Gasteiger charge is 2.09. The van der Waals surface area contributed by atoms with Gasteiger partial charge in [0.15, 0.2) is 0 Å². The summed E-state index contributed by atoms with van der Waals surface area (Å²) < 4.78 is 18.5. The first-order valence-electron chi connectivity index (χ1n) is 5.19. The number of rotatable bonds is 3. The summed E-state index contributed by atoms with van der Waals surface area (Å²) in [6, 6.07) is 10.3. The number of carbonyl (C=O) groups excluding carboxylic acids is 1. The van der Waals surface area contributed by atoms with Crippen LogP contribution in [0.5, 0.6) is 11.5 Å². The molecule has 0 fully saturated rings. The Kier molecular flexibility index (Phi) is 3.14. The summed E-state index contributed by atoms with van der Waals surface area (Å²) in [7, 11) is 0. The smallest absolute Gasteiger partial charge is 0.252 e. The molecule has 2 aromatic carbocycles. The number of primary amides is 1. The molecule has 0 saturated carbocycles. The predicted molar refractivity (Wildman–Crippen MR) is 65.8 cm³/mol. The number of amides is 1. The van der Waals surface area contributed by atoms with E-state index in [-0.39, 0.29) is 22.7 Å². The Bertz CT molecular complexity index is 579. The quantitative estimate of drug-likeness (QED) is 0.815. The summed E-state index contributed by atoms with van der Waals surface area (Å²) in [5.41, 5.74) is 11.2.